The number of ether oxygens (including phenoxy) is 1. The molecular formula is C16H15ClN2O2. The van der Waals surface area contributed by atoms with Gasteiger partial charge in [0.05, 0.1) is 17.8 Å². The Morgan fingerprint density at radius 1 is 1.14 bits per heavy atom. The monoisotopic (exact) mass is 302 g/mol. The first-order valence-electron chi connectivity index (χ1n) is 6.50. The van der Waals surface area contributed by atoms with Crippen molar-refractivity contribution < 1.29 is 9.15 Å². The summed E-state index contributed by atoms with van der Waals surface area (Å²) in [4.78, 5) is 4.50. The molecule has 0 atom stereocenters. The fourth-order valence-corrected chi connectivity index (χ4v) is 2.56. The van der Waals surface area contributed by atoms with Gasteiger partial charge < -0.3 is 14.9 Å². The third-order valence-corrected chi connectivity index (χ3v) is 3.81. The number of nitrogens with two attached hydrogens (primary N) is 1. The molecule has 0 saturated heterocycles. The highest BCUT2D eigenvalue weighted by molar-refractivity contribution is 6.32. The van der Waals surface area contributed by atoms with E-state index in [2.05, 4.69) is 4.98 Å². The van der Waals surface area contributed by atoms with Crippen LogP contribution in [-0.4, -0.2) is 12.1 Å². The standard InChI is InChI=1S/C16H15ClN2O2/c1-8-4-13-14(5-9(8)2)21-16(19-13)10-6-11(17)15(20-3)12(18)7-10/h4-7H,18H2,1-3H3. The van der Waals surface area contributed by atoms with Crippen molar-refractivity contribution in [1.82, 2.24) is 4.98 Å². The summed E-state index contributed by atoms with van der Waals surface area (Å²) < 4.78 is 11.0. The number of hydrogen-bond donors (Lipinski definition) is 1. The highest BCUT2D eigenvalue weighted by atomic mass is 35.5. The predicted molar refractivity (Wildman–Crippen MR) is 84.9 cm³/mol. The Kier molecular flexibility index (Phi) is 3.26. The highest BCUT2D eigenvalue weighted by Gasteiger charge is 2.14. The number of anilines is 1. The molecule has 4 nitrogen and oxygen atoms in total. The van der Waals surface area contributed by atoms with Crippen LogP contribution < -0.4 is 10.5 Å². The van der Waals surface area contributed by atoms with E-state index >= 15 is 0 Å². The van der Waals surface area contributed by atoms with Gasteiger partial charge in [-0.15, -0.1) is 0 Å². The second-order valence-corrected chi connectivity index (χ2v) is 5.41. The van der Waals surface area contributed by atoms with Crippen molar-refractivity contribution in [2.45, 2.75) is 13.8 Å². The first-order valence-corrected chi connectivity index (χ1v) is 6.88. The van der Waals surface area contributed by atoms with Gasteiger partial charge in [0.15, 0.2) is 11.3 Å². The molecule has 0 saturated carbocycles. The number of rotatable bonds is 2. The normalized spacial score (nSPS) is 11.0. The van der Waals surface area contributed by atoms with Gasteiger partial charge in [-0.3, -0.25) is 0 Å². The van der Waals surface area contributed by atoms with Gasteiger partial charge in [-0.1, -0.05) is 11.6 Å². The zero-order chi connectivity index (χ0) is 15.1. The molecule has 108 valence electrons. The number of aromatic nitrogens is 1. The summed E-state index contributed by atoms with van der Waals surface area (Å²) in [5.74, 6) is 0.953. The minimum absolute atomic E-state index is 0.433. The molecule has 1 heterocycles. The zero-order valence-electron chi connectivity index (χ0n) is 12.0. The first kappa shape index (κ1) is 13.8. The number of benzene rings is 2. The Labute approximate surface area is 127 Å². The van der Waals surface area contributed by atoms with Crippen molar-refractivity contribution in [2.75, 3.05) is 12.8 Å². The van der Waals surface area contributed by atoms with Gasteiger partial charge in [-0.05, 0) is 49.2 Å². The molecule has 0 amide bonds. The lowest BCUT2D eigenvalue weighted by Crippen LogP contribution is -1.94. The molecule has 0 unspecified atom stereocenters. The summed E-state index contributed by atoms with van der Waals surface area (Å²) in [6, 6.07) is 7.47. The number of nitrogen functional groups attached to an aromatic ring is 1. The van der Waals surface area contributed by atoms with Gasteiger partial charge in [0.2, 0.25) is 5.89 Å². The summed E-state index contributed by atoms with van der Waals surface area (Å²) in [6.45, 7) is 4.09. The van der Waals surface area contributed by atoms with Crippen molar-refractivity contribution in [3.63, 3.8) is 0 Å². The molecule has 2 aromatic carbocycles. The molecule has 5 heteroatoms. The Morgan fingerprint density at radius 2 is 1.86 bits per heavy atom. The molecule has 0 bridgehead atoms. The van der Waals surface area contributed by atoms with E-state index < -0.39 is 0 Å². The van der Waals surface area contributed by atoms with Crippen LogP contribution in [0.2, 0.25) is 5.02 Å². The van der Waals surface area contributed by atoms with Crippen LogP contribution >= 0.6 is 11.6 Å². The molecule has 1 aromatic heterocycles. The Morgan fingerprint density at radius 3 is 2.52 bits per heavy atom. The SMILES string of the molecule is COc1c(N)cc(-c2nc3cc(C)c(C)cc3o2)cc1Cl. The van der Waals surface area contributed by atoms with Crippen LogP contribution in [0.1, 0.15) is 11.1 Å². The summed E-state index contributed by atoms with van der Waals surface area (Å²) in [5, 5.41) is 0.433. The van der Waals surface area contributed by atoms with Gasteiger partial charge in [-0.2, -0.15) is 0 Å². The van der Waals surface area contributed by atoms with E-state index in [0.717, 1.165) is 22.2 Å². The number of halogens is 1. The van der Waals surface area contributed by atoms with Gasteiger partial charge in [0.1, 0.15) is 5.52 Å². The van der Waals surface area contributed by atoms with Gasteiger partial charge in [0, 0.05) is 5.56 Å². The van der Waals surface area contributed by atoms with Crippen molar-refractivity contribution >= 4 is 28.4 Å². The molecule has 0 aliphatic carbocycles. The molecule has 21 heavy (non-hydrogen) atoms. The van der Waals surface area contributed by atoms with Crippen molar-refractivity contribution in [2.24, 2.45) is 0 Å². The molecule has 3 aromatic rings. The molecule has 3 rings (SSSR count). The lowest BCUT2D eigenvalue weighted by Gasteiger charge is -2.07. The molecular weight excluding hydrogens is 288 g/mol. The smallest absolute Gasteiger partial charge is 0.227 e. The third-order valence-electron chi connectivity index (χ3n) is 3.53. The average Bonchev–Trinajstić information content (AvgIpc) is 2.82. The summed E-state index contributed by atoms with van der Waals surface area (Å²) in [6.07, 6.45) is 0. The van der Waals surface area contributed by atoms with E-state index in [1.807, 2.05) is 26.0 Å². The molecule has 0 fully saturated rings. The summed E-state index contributed by atoms with van der Waals surface area (Å²) >= 11 is 6.16. The van der Waals surface area contributed by atoms with E-state index in [1.54, 1.807) is 12.1 Å². The van der Waals surface area contributed by atoms with Crippen LogP contribution in [0, 0.1) is 13.8 Å². The highest BCUT2D eigenvalue weighted by Crippen LogP contribution is 2.36. The maximum absolute atomic E-state index is 6.16. The van der Waals surface area contributed by atoms with Crippen LogP contribution in [0.15, 0.2) is 28.7 Å². The van der Waals surface area contributed by atoms with Gasteiger partial charge >= 0.3 is 0 Å². The third kappa shape index (κ3) is 2.32. The molecule has 2 N–H and O–H groups in total. The molecule has 0 aliphatic rings. The second kappa shape index (κ2) is 4.97. The van der Waals surface area contributed by atoms with E-state index in [1.165, 1.54) is 12.7 Å². The number of fused-ring (bicyclic) bond motifs is 1. The molecule has 0 aliphatic heterocycles. The largest absolute Gasteiger partial charge is 0.493 e. The van der Waals surface area contributed by atoms with Crippen molar-refractivity contribution in [1.29, 1.82) is 0 Å². The maximum Gasteiger partial charge on any atom is 0.227 e. The Balaban J connectivity index is 2.16. The lowest BCUT2D eigenvalue weighted by atomic mass is 10.1. The molecule has 0 radical (unpaired) electrons. The van der Waals surface area contributed by atoms with E-state index in [-0.39, 0.29) is 0 Å². The van der Waals surface area contributed by atoms with Gasteiger partial charge in [0.25, 0.3) is 0 Å². The topological polar surface area (TPSA) is 61.3 Å². The predicted octanol–water partition coefficient (Wildman–Crippen LogP) is 4.36. The number of nitrogens with zero attached hydrogens (tertiary/aromatic N) is 1. The van der Waals surface area contributed by atoms with Crippen molar-refractivity contribution in [3.05, 3.63) is 40.4 Å². The number of aryl methyl sites for hydroxylation is 2. The Hall–Kier alpha value is -2.20. The van der Waals surface area contributed by atoms with Gasteiger partial charge in [-0.25, -0.2) is 4.98 Å². The quantitative estimate of drug-likeness (QED) is 0.715. The van der Waals surface area contributed by atoms with E-state index in [0.29, 0.717) is 22.4 Å². The number of methoxy groups -OCH3 is 1. The zero-order valence-corrected chi connectivity index (χ0v) is 12.8. The second-order valence-electron chi connectivity index (χ2n) is 5.00. The van der Waals surface area contributed by atoms with Crippen LogP contribution in [0.4, 0.5) is 5.69 Å². The fourth-order valence-electron chi connectivity index (χ4n) is 2.26. The van der Waals surface area contributed by atoms with Crippen molar-refractivity contribution in [3.8, 4) is 17.2 Å². The molecule has 0 spiro atoms. The fraction of sp³-hybridized carbons (Fsp3) is 0.188. The van der Waals surface area contributed by atoms with Crippen LogP contribution in [-0.2, 0) is 0 Å². The summed E-state index contributed by atoms with van der Waals surface area (Å²) in [7, 11) is 1.53. The summed E-state index contributed by atoms with van der Waals surface area (Å²) in [5.41, 5.74) is 11.0. The number of oxazole rings is 1. The maximum atomic E-state index is 6.16. The minimum atomic E-state index is 0.433. The lowest BCUT2D eigenvalue weighted by molar-refractivity contribution is 0.417. The first-order chi connectivity index (χ1) is 9.99. The number of hydrogen-bond acceptors (Lipinski definition) is 4. The van der Waals surface area contributed by atoms with Crippen LogP contribution in [0.3, 0.4) is 0 Å². The Bertz CT molecular complexity index is 778. The van der Waals surface area contributed by atoms with Crippen LogP contribution in [0.25, 0.3) is 22.6 Å². The average molecular weight is 303 g/mol. The minimum Gasteiger partial charge on any atom is -0.493 e. The van der Waals surface area contributed by atoms with E-state index in [9.17, 15) is 0 Å². The van der Waals surface area contributed by atoms with E-state index in [4.69, 9.17) is 26.5 Å². The van der Waals surface area contributed by atoms with Crippen LogP contribution in [0.5, 0.6) is 5.75 Å².